The molecule has 0 bridgehead atoms. The van der Waals surface area contributed by atoms with E-state index in [9.17, 15) is 9.59 Å². The number of pyridine rings is 1. The van der Waals surface area contributed by atoms with Gasteiger partial charge in [0.2, 0.25) is 0 Å². The second-order valence-electron chi connectivity index (χ2n) is 8.29. The van der Waals surface area contributed by atoms with Crippen molar-refractivity contribution >= 4 is 29.3 Å². The highest BCUT2D eigenvalue weighted by molar-refractivity contribution is 7.99. The zero-order valence-corrected chi connectivity index (χ0v) is 20.3. The molecule has 1 aliphatic rings. The lowest BCUT2D eigenvalue weighted by molar-refractivity contribution is 0.0779. The van der Waals surface area contributed by atoms with Crippen molar-refractivity contribution in [1.82, 2.24) is 14.6 Å². The highest BCUT2D eigenvalue weighted by atomic mass is 35.5. The lowest BCUT2D eigenvalue weighted by atomic mass is 10.0. The van der Waals surface area contributed by atoms with Crippen molar-refractivity contribution in [3.8, 4) is 5.69 Å². The van der Waals surface area contributed by atoms with Crippen LogP contribution in [0, 0.1) is 6.92 Å². The Kier molecular flexibility index (Phi) is 6.06. The van der Waals surface area contributed by atoms with Crippen LogP contribution >= 0.6 is 23.4 Å². The lowest BCUT2D eigenvalue weighted by Crippen LogP contribution is -2.34. The number of aromatic nitrogens is 2. The summed E-state index contributed by atoms with van der Waals surface area (Å²) in [6, 6.07) is 19.1. The van der Waals surface area contributed by atoms with E-state index in [1.807, 2.05) is 47.9 Å². The van der Waals surface area contributed by atoms with Crippen molar-refractivity contribution in [3.63, 3.8) is 0 Å². The molecule has 5 rings (SSSR count). The average molecular weight is 492 g/mol. The van der Waals surface area contributed by atoms with Crippen molar-refractivity contribution < 1.29 is 9.32 Å². The van der Waals surface area contributed by atoms with Gasteiger partial charge in [0, 0.05) is 52.2 Å². The van der Waals surface area contributed by atoms with E-state index in [2.05, 4.69) is 17.3 Å². The first-order chi connectivity index (χ1) is 16.4. The fraction of sp³-hybridized carbons (Fsp3) is 0.192. The van der Waals surface area contributed by atoms with E-state index < -0.39 is 0 Å². The Balaban J connectivity index is 1.69. The third-order valence-corrected chi connectivity index (χ3v) is 7.47. The maximum Gasteiger partial charge on any atom is 0.259 e. The Morgan fingerprint density at radius 3 is 2.74 bits per heavy atom. The molecule has 2 aromatic carbocycles. The van der Waals surface area contributed by atoms with Gasteiger partial charge in [0.1, 0.15) is 17.5 Å². The van der Waals surface area contributed by atoms with Crippen molar-refractivity contribution in [2.75, 3.05) is 7.05 Å². The summed E-state index contributed by atoms with van der Waals surface area (Å²) >= 11 is 8.05. The number of hydrogen-bond acceptors (Lipinski definition) is 5. The van der Waals surface area contributed by atoms with Crippen LogP contribution in [0.25, 0.3) is 5.69 Å². The maximum atomic E-state index is 13.6. The minimum atomic E-state index is -0.342. The smallest absolute Gasteiger partial charge is 0.259 e. The molecule has 3 heterocycles. The molecule has 0 saturated heterocycles. The maximum absolute atomic E-state index is 13.6. The van der Waals surface area contributed by atoms with Crippen molar-refractivity contribution in [2.45, 2.75) is 30.0 Å². The first-order valence-corrected chi connectivity index (χ1v) is 12.1. The number of hydrogen-bond donors (Lipinski definition) is 0. The third-order valence-electron chi connectivity index (χ3n) is 5.93. The predicted molar refractivity (Wildman–Crippen MR) is 133 cm³/mol. The van der Waals surface area contributed by atoms with Gasteiger partial charge in [-0.15, -0.1) is 11.8 Å². The molecular weight excluding hydrogens is 470 g/mol. The highest BCUT2D eigenvalue weighted by Gasteiger charge is 2.30. The predicted octanol–water partition coefficient (Wildman–Crippen LogP) is 5.45. The molecule has 172 valence electrons. The largest absolute Gasteiger partial charge is 0.364 e. The normalized spacial score (nSPS) is 14.7. The number of carbonyl (C=O) groups excluding carboxylic acids is 1. The van der Waals surface area contributed by atoms with E-state index in [0.717, 1.165) is 21.8 Å². The van der Waals surface area contributed by atoms with Crippen molar-refractivity contribution in [1.29, 1.82) is 0 Å². The standard InChI is InChI=1S/C26H22ClN3O3S/c1-16-12-22(31)25(26(32)29(2)15-19-10-11-33-28-19)21-14-23(17-6-4-3-5-7-17)34-24-13-18(27)8-9-20(24)30(16)21/h3-13,23H,14-15H2,1-2H3. The number of nitrogens with zero attached hydrogens (tertiary/aromatic N) is 3. The zero-order valence-electron chi connectivity index (χ0n) is 18.7. The Labute approximate surface area is 206 Å². The third kappa shape index (κ3) is 4.17. The van der Waals surface area contributed by atoms with Gasteiger partial charge >= 0.3 is 0 Å². The Morgan fingerprint density at radius 1 is 1.21 bits per heavy atom. The molecule has 0 spiro atoms. The molecule has 8 heteroatoms. The Bertz CT molecular complexity index is 1420. The van der Waals surface area contributed by atoms with Crippen molar-refractivity contribution in [3.05, 3.63) is 110 Å². The number of carbonyl (C=O) groups is 1. The Hall–Kier alpha value is -3.29. The van der Waals surface area contributed by atoms with E-state index in [4.69, 9.17) is 16.1 Å². The summed E-state index contributed by atoms with van der Waals surface area (Å²) in [5.74, 6) is -0.342. The van der Waals surface area contributed by atoms with Gasteiger partial charge in [0.15, 0.2) is 5.43 Å². The van der Waals surface area contributed by atoms with E-state index in [1.54, 1.807) is 24.9 Å². The Morgan fingerprint density at radius 2 is 2.00 bits per heavy atom. The molecule has 6 nitrogen and oxygen atoms in total. The summed E-state index contributed by atoms with van der Waals surface area (Å²) in [6.07, 6.45) is 1.97. The second kappa shape index (κ2) is 9.16. The molecule has 0 N–H and O–H groups in total. The molecule has 0 fully saturated rings. The van der Waals surface area contributed by atoms with Crippen LogP contribution in [0.3, 0.4) is 0 Å². The lowest BCUT2D eigenvalue weighted by Gasteiger charge is -2.22. The molecule has 4 aromatic rings. The monoisotopic (exact) mass is 491 g/mol. The number of aryl methyl sites for hydroxylation is 1. The first-order valence-electron chi connectivity index (χ1n) is 10.8. The summed E-state index contributed by atoms with van der Waals surface area (Å²) in [4.78, 5) is 29.4. The number of thioether (sulfide) groups is 1. The zero-order chi connectivity index (χ0) is 23.8. The SMILES string of the molecule is Cc1cc(=O)c(C(=O)N(C)Cc2ccon2)c2n1-c1ccc(Cl)cc1SC(c1ccccc1)C2. The van der Waals surface area contributed by atoms with E-state index in [0.29, 0.717) is 22.8 Å². The minimum absolute atomic E-state index is 0.000707. The van der Waals surface area contributed by atoms with Crippen LogP contribution < -0.4 is 5.43 Å². The summed E-state index contributed by atoms with van der Waals surface area (Å²) in [6.45, 7) is 2.13. The van der Waals surface area contributed by atoms with Crippen LogP contribution in [0.15, 0.2) is 81.1 Å². The van der Waals surface area contributed by atoms with Crippen molar-refractivity contribution in [2.24, 2.45) is 0 Å². The summed E-state index contributed by atoms with van der Waals surface area (Å²) < 4.78 is 6.92. The van der Waals surface area contributed by atoms with Crippen LogP contribution in [-0.4, -0.2) is 27.6 Å². The van der Waals surface area contributed by atoms with Crippen LogP contribution in [0.2, 0.25) is 5.02 Å². The molecule has 0 aliphatic carbocycles. The quantitative estimate of drug-likeness (QED) is 0.379. The molecule has 34 heavy (non-hydrogen) atoms. The van der Waals surface area contributed by atoms with Gasteiger partial charge in [-0.05, 0) is 30.7 Å². The van der Waals surface area contributed by atoms with Crippen LogP contribution in [-0.2, 0) is 13.0 Å². The van der Waals surface area contributed by atoms with Gasteiger partial charge in [0.25, 0.3) is 5.91 Å². The van der Waals surface area contributed by atoms with E-state index in [1.165, 1.54) is 17.2 Å². The van der Waals surface area contributed by atoms with Crippen LogP contribution in [0.4, 0.5) is 0 Å². The first kappa shape index (κ1) is 22.5. The molecule has 0 saturated carbocycles. The molecule has 1 aliphatic heterocycles. The molecule has 1 amide bonds. The van der Waals surface area contributed by atoms with Gasteiger partial charge < -0.3 is 14.0 Å². The van der Waals surface area contributed by atoms with Crippen LogP contribution in [0.1, 0.15) is 38.3 Å². The fourth-order valence-corrected chi connectivity index (χ4v) is 5.92. The fourth-order valence-electron chi connectivity index (χ4n) is 4.37. The minimum Gasteiger partial charge on any atom is -0.364 e. The number of halogens is 1. The van der Waals surface area contributed by atoms with Gasteiger partial charge in [-0.1, -0.05) is 47.1 Å². The molecule has 2 aromatic heterocycles. The molecule has 1 atom stereocenters. The van der Waals surface area contributed by atoms with Gasteiger partial charge in [-0.2, -0.15) is 0 Å². The number of fused-ring (bicyclic) bond motifs is 3. The summed E-state index contributed by atoms with van der Waals surface area (Å²) in [5, 5.41) is 4.54. The average Bonchev–Trinajstić information content (AvgIpc) is 3.26. The van der Waals surface area contributed by atoms with Gasteiger partial charge in [-0.25, -0.2) is 0 Å². The second-order valence-corrected chi connectivity index (χ2v) is 9.97. The van der Waals surface area contributed by atoms with E-state index in [-0.39, 0.29) is 28.7 Å². The van der Waals surface area contributed by atoms with Gasteiger partial charge in [0.05, 0.1) is 12.2 Å². The van der Waals surface area contributed by atoms with Crippen LogP contribution in [0.5, 0.6) is 0 Å². The van der Waals surface area contributed by atoms with E-state index >= 15 is 0 Å². The van der Waals surface area contributed by atoms with Gasteiger partial charge in [-0.3, -0.25) is 9.59 Å². The molecule has 1 unspecified atom stereocenters. The number of benzene rings is 2. The topological polar surface area (TPSA) is 68.3 Å². The summed E-state index contributed by atoms with van der Waals surface area (Å²) in [5.41, 5.74) is 4.02. The molecular formula is C26H22ClN3O3S. The molecule has 0 radical (unpaired) electrons. The number of rotatable bonds is 4. The summed E-state index contributed by atoms with van der Waals surface area (Å²) in [7, 11) is 1.67. The number of amides is 1. The highest BCUT2D eigenvalue weighted by Crippen LogP contribution is 2.45.